The number of fused-ring (bicyclic) bond motifs is 3. The minimum atomic E-state index is -1.50. The van der Waals surface area contributed by atoms with Crippen LogP contribution in [0.4, 0.5) is 4.39 Å². The average Bonchev–Trinajstić information content (AvgIpc) is 3.24. The first-order valence-corrected chi connectivity index (χ1v) is 8.77. The molecule has 0 saturated carbocycles. The van der Waals surface area contributed by atoms with Crippen molar-refractivity contribution in [3.05, 3.63) is 42.2 Å². The van der Waals surface area contributed by atoms with Crippen LogP contribution in [-0.2, 0) is 4.79 Å². The van der Waals surface area contributed by atoms with Crippen molar-refractivity contribution in [3.63, 3.8) is 0 Å². The summed E-state index contributed by atoms with van der Waals surface area (Å²) in [5.41, 5.74) is 6.41. The molecule has 1 aliphatic heterocycles. The number of alkyl halides is 1. The SMILES string of the molecule is CCC1C(COc2cccc3cc(C(N)=O)n4nccc4c23)NC(=O)C1F. The number of aromatic nitrogens is 2. The zero-order valence-corrected chi connectivity index (χ0v) is 14.7. The van der Waals surface area contributed by atoms with Crippen molar-refractivity contribution in [1.82, 2.24) is 14.9 Å². The molecule has 0 radical (unpaired) electrons. The summed E-state index contributed by atoms with van der Waals surface area (Å²) in [5, 5.41) is 8.38. The molecule has 4 rings (SSSR count). The van der Waals surface area contributed by atoms with E-state index in [4.69, 9.17) is 10.5 Å². The number of carbonyl (C=O) groups is 2. The summed E-state index contributed by atoms with van der Waals surface area (Å²) in [6.45, 7) is 2.01. The predicted molar refractivity (Wildman–Crippen MR) is 97.3 cm³/mol. The summed E-state index contributed by atoms with van der Waals surface area (Å²) in [4.78, 5) is 23.3. The van der Waals surface area contributed by atoms with Gasteiger partial charge in [0.2, 0.25) is 0 Å². The molecule has 1 aliphatic rings. The quantitative estimate of drug-likeness (QED) is 0.716. The third kappa shape index (κ3) is 2.77. The second-order valence-corrected chi connectivity index (χ2v) is 6.64. The van der Waals surface area contributed by atoms with Crippen molar-refractivity contribution in [2.45, 2.75) is 25.6 Å². The molecule has 1 aromatic carbocycles. The second kappa shape index (κ2) is 6.53. The van der Waals surface area contributed by atoms with Crippen LogP contribution in [0.25, 0.3) is 16.3 Å². The van der Waals surface area contributed by atoms with Crippen molar-refractivity contribution in [3.8, 4) is 5.75 Å². The van der Waals surface area contributed by atoms with E-state index in [-0.39, 0.29) is 12.3 Å². The van der Waals surface area contributed by atoms with Crippen LogP contribution < -0.4 is 15.8 Å². The number of carbonyl (C=O) groups excluding carboxylic acids is 2. The number of rotatable bonds is 5. The topological polar surface area (TPSA) is 98.7 Å². The lowest BCUT2D eigenvalue weighted by Crippen LogP contribution is -2.34. The fourth-order valence-electron chi connectivity index (χ4n) is 3.74. The van der Waals surface area contributed by atoms with Crippen molar-refractivity contribution in [1.29, 1.82) is 0 Å². The fourth-order valence-corrected chi connectivity index (χ4v) is 3.74. The van der Waals surface area contributed by atoms with Crippen molar-refractivity contribution in [2.75, 3.05) is 6.61 Å². The first kappa shape index (κ1) is 17.3. The smallest absolute Gasteiger partial charge is 0.267 e. The van der Waals surface area contributed by atoms with Crippen LogP contribution in [-0.4, -0.2) is 40.2 Å². The first-order chi connectivity index (χ1) is 13.0. The standard InChI is InChI=1S/C19H19FN4O3/c1-2-11-12(23-19(26)17(11)20)9-27-15-5-3-4-10-8-14(18(21)25)24-13(16(10)15)6-7-22-24/h3-8,11-12,17H,2,9H2,1H3,(H2,21,25)(H,23,26). The van der Waals surface area contributed by atoms with E-state index in [9.17, 15) is 14.0 Å². The molecule has 0 aliphatic carbocycles. The largest absolute Gasteiger partial charge is 0.491 e. The number of hydrogen-bond donors (Lipinski definition) is 2. The molecular formula is C19H19FN4O3. The number of halogens is 1. The molecule has 3 heterocycles. The molecule has 27 heavy (non-hydrogen) atoms. The number of benzene rings is 1. The first-order valence-electron chi connectivity index (χ1n) is 8.77. The Labute approximate surface area is 154 Å². The van der Waals surface area contributed by atoms with Gasteiger partial charge in [0.15, 0.2) is 6.17 Å². The van der Waals surface area contributed by atoms with Gasteiger partial charge in [0.05, 0.1) is 17.8 Å². The van der Waals surface area contributed by atoms with Gasteiger partial charge in [0.25, 0.3) is 11.8 Å². The highest BCUT2D eigenvalue weighted by Gasteiger charge is 2.41. The number of nitrogens with one attached hydrogen (secondary N) is 1. The number of ether oxygens (including phenoxy) is 1. The van der Waals surface area contributed by atoms with Gasteiger partial charge in [-0.15, -0.1) is 0 Å². The third-order valence-electron chi connectivity index (χ3n) is 5.09. The summed E-state index contributed by atoms with van der Waals surface area (Å²) in [7, 11) is 0. The molecule has 2 amide bonds. The van der Waals surface area contributed by atoms with Crippen LogP contribution in [0.1, 0.15) is 23.8 Å². The molecule has 3 aromatic rings. The number of nitrogens with zero attached hydrogens (tertiary/aromatic N) is 2. The van der Waals surface area contributed by atoms with Gasteiger partial charge in [-0.05, 0) is 30.0 Å². The molecule has 0 spiro atoms. The van der Waals surface area contributed by atoms with Crippen LogP contribution in [0, 0.1) is 5.92 Å². The summed E-state index contributed by atoms with van der Waals surface area (Å²) in [6, 6.07) is 8.49. The normalized spacial score (nSPS) is 22.3. The van der Waals surface area contributed by atoms with Gasteiger partial charge in [-0.25, -0.2) is 8.91 Å². The molecule has 0 bridgehead atoms. The number of amides is 2. The maximum absolute atomic E-state index is 14.0. The van der Waals surface area contributed by atoms with Gasteiger partial charge < -0.3 is 15.8 Å². The molecule has 2 aromatic heterocycles. The number of pyridine rings is 1. The molecule has 7 nitrogen and oxygen atoms in total. The molecular weight excluding hydrogens is 351 g/mol. The Hall–Kier alpha value is -3.16. The lowest BCUT2D eigenvalue weighted by molar-refractivity contribution is -0.123. The van der Waals surface area contributed by atoms with E-state index in [1.165, 1.54) is 4.52 Å². The molecule has 140 valence electrons. The van der Waals surface area contributed by atoms with E-state index < -0.39 is 29.9 Å². The Morgan fingerprint density at radius 1 is 1.41 bits per heavy atom. The van der Waals surface area contributed by atoms with Crippen LogP contribution >= 0.6 is 0 Å². The average molecular weight is 370 g/mol. The maximum atomic E-state index is 14.0. The van der Waals surface area contributed by atoms with E-state index >= 15 is 0 Å². The molecule has 3 N–H and O–H groups in total. The monoisotopic (exact) mass is 370 g/mol. The number of nitrogens with two attached hydrogens (primary N) is 1. The van der Waals surface area contributed by atoms with Crippen LogP contribution in [0.5, 0.6) is 5.75 Å². The highest BCUT2D eigenvalue weighted by molar-refractivity contribution is 6.05. The summed E-state index contributed by atoms with van der Waals surface area (Å²) in [5.74, 6) is -1.01. The zero-order chi connectivity index (χ0) is 19.1. The van der Waals surface area contributed by atoms with Crippen molar-refractivity contribution in [2.24, 2.45) is 11.7 Å². The molecule has 1 saturated heterocycles. The van der Waals surface area contributed by atoms with Crippen molar-refractivity contribution < 1.29 is 18.7 Å². The highest BCUT2D eigenvalue weighted by Crippen LogP contribution is 2.32. The fraction of sp³-hybridized carbons (Fsp3) is 0.316. The van der Waals surface area contributed by atoms with Crippen LogP contribution in [0.15, 0.2) is 36.5 Å². The predicted octanol–water partition coefficient (Wildman–Crippen LogP) is 1.83. The number of hydrogen-bond acceptors (Lipinski definition) is 4. The van der Waals surface area contributed by atoms with E-state index in [2.05, 4.69) is 10.4 Å². The minimum absolute atomic E-state index is 0.154. The summed E-state index contributed by atoms with van der Waals surface area (Å²) < 4.78 is 21.4. The minimum Gasteiger partial charge on any atom is -0.491 e. The van der Waals surface area contributed by atoms with Gasteiger partial charge in [0, 0.05) is 11.3 Å². The summed E-state index contributed by atoms with van der Waals surface area (Å²) in [6.07, 6.45) is 0.615. The molecule has 8 heteroatoms. The van der Waals surface area contributed by atoms with Crippen LogP contribution in [0.3, 0.4) is 0 Å². The third-order valence-corrected chi connectivity index (χ3v) is 5.09. The van der Waals surface area contributed by atoms with Gasteiger partial charge in [-0.1, -0.05) is 19.1 Å². The van der Waals surface area contributed by atoms with Crippen molar-refractivity contribution >= 4 is 28.1 Å². The highest BCUT2D eigenvalue weighted by atomic mass is 19.1. The zero-order valence-electron chi connectivity index (χ0n) is 14.7. The maximum Gasteiger partial charge on any atom is 0.267 e. The summed E-state index contributed by atoms with van der Waals surface area (Å²) >= 11 is 0. The van der Waals surface area contributed by atoms with E-state index in [1.54, 1.807) is 30.5 Å². The van der Waals surface area contributed by atoms with E-state index in [0.717, 1.165) is 10.8 Å². The van der Waals surface area contributed by atoms with Crippen LogP contribution in [0.2, 0.25) is 0 Å². The van der Waals surface area contributed by atoms with Gasteiger partial charge >= 0.3 is 0 Å². The second-order valence-electron chi connectivity index (χ2n) is 6.64. The van der Waals surface area contributed by atoms with E-state index in [1.807, 2.05) is 13.0 Å². The Bertz CT molecular complexity index is 1050. The van der Waals surface area contributed by atoms with E-state index in [0.29, 0.717) is 17.7 Å². The van der Waals surface area contributed by atoms with Gasteiger partial charge in [-0.2, -0.15) is 5.10 Å². The van der Waals surface area contributed by atoms with Gasteiger partial charge in [-0.3, -0.25) is 9.59 Å². The Morgan fingerprint density at radius 3 is 2.96 bits per heavy atom. The Kier molecular flexibility index (Phi) is 4.18. The van der Waals surface area contributed by atoms with Gasteiger partial charge in [0.1, 0.15) is 18.1 Å². The lowest BCUT2D eigenvalue weighted by Gasteiger charge is -2.19. The lowest BCUT2D eigenvalue weighted by atomic mass is 9.97. The molecule has 1 fully saturated rings. The Balaban J connectivity index is 1.72. The Morgan fingerprint density at radius 2 is 2.22 bits per heavy atom. The molecule has 3 atom stereocenters. The number of primary amides is 1. The molecule has 3 unspecified atom stereocenters.